The molecule has 0 radical (unpaired) electrons. The molecule has 0 bridgehead atoms. The number of nitrogens with two attached hydrogens (primary N) is 1. The maximum absolute atomic E-state index is 5.82. The van der Waals surface area contributed by atoms with E-state index in [0.717, 1.165) is 19.0 Å². The second kappa shape index (κ2) is 6.20. The van der Waals surface area contributed by atoms with Gasteiger partial charge >= 0.3 is 0 Å². The third-order valence-electron chi connectivity index (χ3n) is 3.19. The lowest BCUT2D eigenvalue weighted by molar-refractivity contribution is 0.190. The van der Waals surface area contributed by atoms with Gasteiger partial charge in [-0.3, -0.25) is 0 Å². The average Bonchev–Trinajstić information content (AvgIpc) is 2.27. The molecule has 0 aliphatic carbocycles. The van der Waals surface area contributed by atoms with Crippen LogP contribution in [-0.4, -0.2) is 41.0 Å². The molecule has 1 aromatic heterocycles. The predicted octanol–water partition coefficient (Wildman–Crippen LogP) is 1.86. The molecule has 1 fully saturated rings. The number of halogens is 1. The normalized spacial score (nSPS) is 20.9. The van der Waals surface area contributed by atoms with Gasteiger partial charge in [-0.1, -0.05) is 18.5 Å². The molecule has 0 unspecified atom stereocenters. The van der Waals surface area contributed by atoms with E-state index >= 15 is 0 Å². The molecule has 2 heterocycles. The van der Waals surface area contributed by atoms with E-state index in [1.165, 1.54) is 25.9 Å². The van der Waals surface area contributed by atoms with E-state index in [0.29, 0.717) is 11.0 Å². The first kappa shape index (κ1) is 13.4. The zero-order valence-electron chi connectivity index (χ0n) is 10.7. The summed E-state index contributed by atoms with van der Waals surface area (Å²) < 4.78 is 0. The van der Waals surface area contributed by atoms with Crippen molar-refractivity contribution in [1.29, 1.82) is 0 Å². The Kier molecular flexibility index (Phi) is 4.60. The van der Waals surface area contributed by atoms with Crippen LogP contribution in [0.4, 0.5) is 11.8 Å². The van der Waals surface area contributed by atoms with Crippen LogP contribution in [0, 0.1) is 5.92 Å². The summed E-state index contributed by atoms with van der Waals surface area (Å²) in [5.74, 6) is 1.71. The van der Waals surface area contributed by atoms with Crippen LogP contribution in [0.25, 0.3) is 0 Å². The molecule has 1 aromatic rings. The first-order valence-electron chi connectivity index (χ1n) is 6.40. The van der Waals surface area contributed by atoms with Crippen molar-refractivity contribution in [3.05, 3.63) is 11.2 Å². The van der Waals surface area contributed by atoms with Gasteiger partial charge in [0.2, 0.25) is 5.95 Å². The summed E-state index contributed by atoms with van der Waals surface area (Å²) in [4.78, 5) is 10.4. The molecule has 0 saturated carbocycles. The van der Waals surface area contributed by atoms with Gasteiger partial charge in [-0.05, 0) is 25.3 Å². The fourth-order valence-electron chi connectivity index (χ4n) is 2.36. The van der Waals surface area contributed by atoms with Crippen molar-refractivity contribution in [1.82, 2.24) is 14.9 Å². The van der Waals surface area contributed by atoms with Gasteiger partial charge in [-0.25, -0.2) is 4.98 Å². The Balaban J connectivity index is 1.77. The zero-order chi connectivity index (χ0) is 13.0. The maximum Gasteiger partial charge on any atom is 0.223 e. The first-order chi connectivity index (χ1) is 8.63. The van der Waals surface area contributed by atoms with Crippen molar-refractivity contribution in [2.24, 2.45) is 5.92 Å². The SMILES string of the molecule is C[C@H]1CCCN(CCNc2cc(Cl)nc(N)n2)C1. The fraction of sp³-hybridized carbons (Fsp3) is 0.667. The molecule has 2 rings (SSSR count). The number of anilines is 2. The summed E-state index contributed by atoms with van der Waals surface area (Å²) in [6.45, 7) is 6.56. The quantitative estimate of drug-likeness (QED) is 0.817. The van der Waals surface area contributed by atoms with E-state index in [4.69, 9.17) is 17.3 Å². The summed E-state index contributed by atoms with van der Waals surface area (Å²) in [7, 11) is 0. The number of nitrogens with one attached hydrogen (secondary N) is 1. The highest BCUT2D eigenvalue weighted by Gasteiger charge is 2.15. The largest absolute Gasteiger partial charge is 0.369 e. The average molecular weight is 270 g/mol. The minimum Gasteiger partial charge on any atom is -0.369 e. The molecule has 0 aromatic carbocycles. The molecule has 3 N–H and O–H groups in total. The standard InChI is InChI=1S/C12H20ClN5/c1-9-3-2-5-18(8-9)6-4-15-11-7-10(13)16-12(14)17-11/h7,9H,2-6,8H2,1H3,(H3,14,15,16,17)/t9-/m0/s1. The van der Waals surface area contributed by atoms with Crippen LogP contribution in [0.2, 0.25) is 5.15 Å². The highest BCUT2D eigenvalue weighted by molar-refractivity contribution is 6.29. The van der Waals surface area contributed by atoms with Crippen molar-refractivity contribution in [2.45, 2.75) is 19.8 Å². The Morgan fingerprint density at radius 1 is 1.56 bits per heavy atom. The van der Waals surface area contributed by atoms with Gasteiger partial charge < -0.3 is 16.0 Å². The smallest absolute Gasteiger partial charge is 0.223 e. The van der Waals surface area contributed by atoms with Crippen LogP contribution in [0.3, 0.4) is 0 Å². The van der Waals surface area contributed by atoms with E-state index in [-0.39, 0.29) is 5.95 Å². The lowest BCUT2D eigenvalue weighted by atomic mass is 10.0. The third-order valence-corrected chi connectivity index (χ3v) is 3.38. The number of nitrogen functional groups attached to an aromatic ring is 1. The lowest BCUT2D eigenvalue weighted by Crippen LogP contribution is -2.37. The summed E-state index contributed by atoms with van der Waals surface area (Å²) >= 11 is 5.82. The number of rotatable bonds is 4. The second-order valence-electron chi connectivity index (χ2n) is 4.91. The van der Waals surface area contributed by atoms with Crippen LogP contribution in [0.15, 0.2) is 6.07 Å². The molecule has 1 atom stereocenters. The molecular weight excluding hydrogens is 250 g/mol. The monoisotopic (exact) mass is 269 g/mol. The summed E-state index contributed by atoms with van der Waals surface area (Å²) in [5.41, 5.74) is 5.54. The second-order valence-corrected chi connectivity index (χ2v) is 5.30. The molecule has 5 nitrogen and oxygen atoms in total. The van der Waals surface area contributed by atoms with E-state index in [1.54, 1.807) is 6.07 Å². The Bertz CT molecular complexity index is 378. The molecule has 0 amide bonds. The summed E-state index contributed by atoms with van der Waals surface area (Å²) in [5, 5.41) is 3.60. The van der Waals surface area contributed by atoms with Crippen LogP contribution >= 0.6 is 11.6 Å². The van der Waals surface area contributed by atoms with Crippen LogP contribution < -0.4 is 11.1 Å². The molecule has 0 spiro atoms. The summed E-state index contributed by atoms with van der Waals surface area (Å²) in [6, 6.07) is 1.69. The lowest BCUT2D eigenvalue weighted by Gasteiger charge is -2.30. The maximum atomic E-state index is 5.82. The van der Waals surface area contributed by atoms with Crippen molar-refractivity contribution in [3.8, 4) is 0 Å². The van der Waals surface area contributed by atoms with Crippen molar-refractivity contribution in [2.75, 3.05) is 37.2 Å². The Labute approximate surface area is 113 Å². The van der Waals surface area contributed by atoms with Gasteiger partial charge in [0.1, 0.15) is 11.0 Å². The Hall–Kier alpha value is -1.07. The van der Waals surface area contributed by atoms with Gasteiger partial charge in [0.25, 0.3) is 0 Å². The van der Waals surface area contributed by atoms with Gasteiger partial charge in [0.05, 0.1) is 0 Å². The van der Waals surface area contributed by atoms with E-state index in [2.05, 4.69) is 27.1 Å². The zero-order valence-corrected chi connectivity index (χ0v) is 11.5. The van der Waals surface area contributed by atoms with Crippen molar-refractivity contribution in [3.63, 3.8) is 0 Å². The highest BCUT2D eigenvalue weighted by atomic mass is 35.5. The number of nitrogens with zero attached hydrogens (tertiary/aromatic N) is 3. The van der Waals surface area contributed by atoms with Gasteiger partial charge in [0, 0.05) is 25.7 Å². The summed E-state index contributed by atoms with van der Waals surface area (Å²) in [6.07, 6.45) is 2.65. The van der Waals surface area contributed by atoms with E-state index in [1.807, 2.05) is 0 Å². The number of aromatic nitrogens is 2. The minimum absolute atomic E-state index is 0.205. The Morgan fingerprint density at radius 2 is 2.39 bits per heavy atom. The molecule has 1 aliphatic rings. The topological polar surface area (TPSA) is 67.1 Å². The molecule has 1 saturated heterocycles. The van der Waals surface area contributed by atoms with E-state index in [9.17, 15) is 0 Å². The van der Waals surface area contributed by atoms with Gasteiger partial charge in [-0.2, -0.15) is 4.98 Å². The number of piperidine rings is 1. The first-order valence-corrected chi connectivity index (χ1v) is 6.77. The molecule has 1 aliphatic heterocycles. The van der Waals surface area contributed by atoms with Gasteiger partial charge in [-0.15, -0.1) is 0 Å². The molecule has 100 valence electrons. The third kappa shape index (κ3) is 3.99. The van der Waals surface area contributed by atoms with Crippen LogP contribution in [0.5, 0.6) is 0 Å². The number of likely N-dealkylation sites (tertiary alicyclic amines) is 1. The molecular formula is C12H20ClN5. The minimum atomic E-state index is 0.205. The fourth-order valence-corrected chi connectivity index (χ4v) is 2.55. The van der Waals surface area contributed by atoms with Crippen molar-refractivity contribution < 1.29 is 0 Å². The number of hydrogen-bond donors (Lipinski definition) is 2. The molecule has 18 heavy (non-hydrogen) atoms. The number of hydrogen-bond acceptors (Lipinski definition) is 5. The van der Waals surface area contributed by atoms with E-state index < -0.39 is 0 Å². The molecule has 6 heteroatoms. The van der Waals surface area contributed by atoms with Crippen molar-refractivity contribution >= 4 is 23.4 Å². The van der Waals surface area contributed by atoms with Crippen LogP contribution in [-0.2, 0) is 0 Å². The van der Waals surface area contributed by atoms with Crippen LogP contribution in [0.1, 0.15) is 19.8 Å². The highest BCUT2D eigenvalue weighted by Crippen LogP contribution is 2.15. The Morgan fingerprint density at radius 3 is 3.11 bits per heavy atom. The van der Waals surface area contributed by atoms with Gasteiger partial charge in [0.15, 0.2) is 0 Å². The predicted molar refractivity (Wildman–Crippen MR) is 74.8 cm³/mol.